The fourth-order valence-corrected chi connectivity index (χ4v) is 2.15. The molecule has 3 N–H and O–H groups in total. The molecule has 0 heterocycles. The normalized spacial score (nSPS) is 10.5. The van der Waals surface area contributed by atoms with Crippen LogP contribution in [0.25, 0.3) is 0 Å². The lowest BCUT2D eigenvalue weighted by Gasteiger charge is -2.05. The number of nitrogens with one attached hydrogen (secondary N) is 3. The molecule has 4 nitrogen and oxygen atoms in total. The molecule has 0 saturated carbocycles. The molecule has 23 heavy (non-hydrogen) atoms. The van der Waals surface area contributed by atoms with Crippen molar-refractivity contribution in [1.82, 2.24) is 5.32 Å². The molecule has 2 rings (SSSR count). The summed E-state index contributed by atoms with van der Waals surface area (Å²) in [5.74, 6) is -0.295. The molecule has 0 saturated heterocycles. The van der Waals surface area contributed by atoms with E-state index >= 15 is 0 Å². The van der Waals surface area contributed by atoms with Gasteiger partial charge in [-0.3, -0.25) is 10.2 Å². The molecule has 2 aromatic rings. The van der Waals surface area contributed by atoms with Crippen LogP contribution in [0.1, 0.15) is 5.56 Å². The van der Waals surface area contributed by atoms with E-state index in [1.54, 1.807) is 24.4 Å². The van der Waals surface area contributed by atoms with E-state index in [0.717, 1.165) is 11.3 Å². The van der Waals surface area contributed by atoms with Crippen LogP contribution >= 0.6 is 23.2 Å². The summed E-state index contributed by atoms with van der Waals surface area (Å²) in [6.45, 7) is 0. The summed E-state index contributed by atoms with van der Waals surface area (Å²) in [6, 6.07) is 14.5. The quantitative estimate of drug-likeness (QED) is 0.559. The van der Waals surface area contributed by atoms with Crippen molar-refractivity contribution in [3.63, 3.8) is 0 Å². The largest absolute Gasteiger partial charge is 0.362 e. The molecule has 6 heteroatoms. The maximum atomic E-state index is 11.9. The van der Waals surface area contributed by atoms with Crippen LogP contribution in [0.5, 0.6) is 0 Å². The molecule has 1 amide bonds. The van der Waals surface area contributed by atoms with E-state index in [1.807, 2.05) is 30.3 Å². The zero-order valence-electron chi connectivity index (χ0n) is 12.1. The number of amidine groups is 1. The topological polar surface area (TPSA) is 65.0 Å². The van der Waals surface area contributed by atoms with Gasteiger partial charge in [-0.05, 0) is 35.9 Å². The lowest BCUT2D eigenvalue weighted by atomic mass is 10.1. The summed E-state index contributed by atoms with van der Waals surface area (Å²) in [4.78, 5) is 11.9. The third kappa shape index (κ3) is 5.77. The van der Waals surface area contributed by atoms with Crippen LogP contribution < -0.4 is 10.6 Å². The van der Waals surface area contributed by atoms with Gasteiger partial charge in [-0.15, -0.1) is 0 Å². The smallest absolute Gasteiger partial charge is 0.229 e. The van der Waals surface area contributed by atoms with Gasteiger partial charge >= 0.3 is 0 Å². The van der Waals surface area contributed by atoms with E-state index < -0.39 is 0 Å². The Morgan fingerprint density at radius 2 is 1.83 bits per heavy atom. The summed E-state index contributed by atoms with van der Waals surface area (Å²) in [5.41, 5.74) is 1.63. The van der Waals surface area contributed by atoms with Crippen molar-refractivity contribution in [2.24, 2.45) is 0 Å². The number of carbonyl (C=O) groups excluding carboxylic acids is 1. The van der Waals surface area contributed by atoms with Crippen LogP contribution in [0.15, 0.2) is 60.8 Å². The molecule has 0 aliphatic carbocycles. The first-order valence-electron chi connectivity index (χ1n) is 6.85. The SMILES string of the molecule is N=C(/C=C\Nc1ccccc1)NC(=O)Cc1ccc(Cl)c(Cl)c1. The molecule has 0 bridgehead atoms. The van der Waals surface area contributed by atoms with E-state index in [0.29, 0.717) is 10.0 Å². The van der Waals surface area contributed by atoms with Gasteiger partial charge in [0.25, 0.3) is 0 Å². The number of para-hydroxylation sites is 1. The summed E-state index contributed by atoms with van der Waals surface area (Å²) in [6.07, 6.45) is 3.19. The summed E-state index contributed by atoms with van der Waals surface area (Å²) >= 11 is 11.7. The van der Waals surface area contributed by atoms with Gasteiger partial charge in [-0.1, -0.05) is 47.5 Å². The van der Waals surface area contributed by atoms with Crippen LogP contribution in [0.2, 0.25) is 10.0 Å². The number of amides is 1. The highest BCUT2D eigenvalue weighted by Crippen LogP contribution is 2.22. The third-order valence-electron chi connectivity index (χ3n) is 2.90. The van der Waals surface area contributed by atoms with Crippen molar-refractivity contribution in [3.8, 4) is 0 Å². The van der Waals surface area contributed by atoms with Gasteiger partial charge in [-0.2, -0.15) is 0 Å². The first kappa shape index (κ1) is 17.1. The van der Waals surface area contributed by atoms with Gasteiger partial charge in [0.1, 0.15) is 5.84 Å². The van der Waals surface area contributed by atoms with E-state index in [4.69, 9.17) is 28.6 Å². The first-order valence-corrected chi connectivity index (χ1v) is 7.60. The van der Waals surface area contributed by atoms with E-state index in [-0.39, 0.29) is 18.2 Å². The second-order valence-corrected chi connectivity index (χ2v) is 5.55. The Kier molecular flexibility index (Phi) is 6.20. The van der Waals surface area contributed by atoms with Crippen LogP contribution in [0.3, 0.4) is 0 Å². The Bertz CT molecular complexity index is 730. The predicted molar refractivity (Wildman–Crippen MR) is 95.2 cm³/mol. The van der Waals surface area contributed by atoms with E-state index in [2.05, 4.69) is 10.6 Å². The fourth-order valence-electron chi connectivity index (χ4n) is 1.83. The molecule has 0 spiro atoms. The van der Waals surface area contributed by atoms with Gasteiger partial charge < -0.3 is 10.6 Å². The van der Waals surface area contributed by atoms with Crippen LogP contribution in [-0.2, 0) is 11.2 Å². The van der Waals surface area contributed by atoms with Gasteiger partial charge in [0.15, 0.2) is 0 Å². The zero-order valence-corrected chi connectivity index (χ0v) is 13.7. The van der Waals surface area contributed by atoms with Crippen molar-refractivity contribution in [2.75, 3.05) is 5.32 Å². The Balaban J connectivity index is 1.82. The highest BCUT2D eigenvalue weighted by Gasteiger charge is 2.06. The molecule has 2 aromatic carbocycles. The Morgan fingerprint density at radius 1 is 1.09 bits per heavy atom. The molecular weight excluding hydrogens is 333 g/mol. The minimum Gasteiger partial charge on any atom is -0.362 e. The summed E-state index contributed by atoms with van der Waals surface area (Å²) in [7, 11) is 0. The molecule has 0 aromatic heterocycles. The monoisotopic (exact) mass is 347 g/mol. The Labute approximate surface area is 144 Å². The minimum atomic E-state index is -0.294. The van der Waals surface area contributed by atoms with E-state index in [1.165, 1.54) is 6.08 Å². The molecule has 0 unspecified atom stereocenters. The number of anilines is 1. The fraction of sp³-hybridized carbons (Fsp3) is 0.0588. The number of carbonyl (C=O) groups is 1. The number of rotatable bonds is 5. The average Bonchev–Trinajstić information content (AvgIpc) is 2.52. The molecule has 0 radical (unpaired) electrons. The Morgan fingerprint density at radius 3 is 2.52 bits per heavy atom. The molecule has 0 aliphatic rings. The second-order valence-electron chi connectivity index (χ2n) is 4.73. The van der Waals surface area contributed by atoms with Gasteiger partial charge in [0.05, 0.1) is 16.5 Å². The van der Waals surface area contributed by atoms with Crippen molar-refractivity contribution in [3.05, 3.63) is 76.4 Å². The second kappa shape index (κ2) is 8.36. The van der Waals surface area contributed by atoms with Crippen molar-refractivity contribution in [1.29, 1.82) is 5.41 Å². The minimum absolute atomic E-state index is 0.00140. The molecule has 118 valence electrons. The summed E-state index contributed by atoms with van der Waals surface area (Å²) in [5, 5.41) is 14.1. The predicted octanol–water partition coefficient (Wildman–Crippen LogP) is 4.26. The first-order chi connectivity index (χ1) is 11.0. The summed E-state index contributed by atoms with van der Waals surface area (Å²) < 4.78 is 0. The van der Waals surface area contributed by atoms with Crippen molar-refractivity contribution < 1.29 is 4.79 Å². The number of benzene rings is 2. The molecule has 0 aliphatic heterocycles. The number of hydrogen-bond donors (Lipinski definition) is 3. The highest BCUT2D eigenvalue weighted by molar-refractivity contribution is 6.42. The van der Waals surface area contributed by atoms with Gasteiger partial charge in [-0.25, -0.2) is 0 Å². The molecular formula is C17H15Cl2N3O. The highest BCUT2D eigenvalue weighted by atomic mass is 35.5. The lowest BCUT2D eigenvalue weighted by molar-refractivity contribution is -0.119. The van der Waals surface area contributed by atoms with Crippen LogP contribution in [0, 0.1) is 5.41 Å². The van der Waals surface area contributed by atoms with Crippen LogP contribution in [-0.4, -0.2) is 11.7 Å². The van der Waals surface area contributed by atoms with Crippen molar-refractivity contribution >= 4 is 40.6 Å². The number of halogens is 2. The van der Waals surface area contributed by atoms with Gasteiger partial charge in [0, 0.05) is 11.9 Å². The average molecular weight is 348 g/mol. The molecule has 0 atom stereocenters. The standard InChI is InChI=1S/C17H15Cl2N3O/c18-14-7-6-12(10-15(14)19)11-17(23)22-16(20)8-9-21-13-4-2-1-3-5-13/h1-10,21H,11H2,(H2,20,22,23)/b9-8-. The van der Waals surface area contributed by atoms with Gasteiger partial charge in [0.2, 0.25) is 5.91 Å². The Hall–Kier alpha value is -2.30. The van der Waals surface area contributed by atoms with Crippen molar-refractivity contribution in [2.45, 2.75) is 6.42 Å². The third-order valence-corrected chi connectivity index (χ3v) is 3.64. The maximum Gasteiger partial charge on any atom is 0.229 e. The molecule has 0 fully saturated rings. The van der Waals surface area contributed by atoms with Crippen LogP contribution in [0.4, 0.5) is 5.69 Å². The van der Waals surface area contributed by atoms with E-state index in [9.17, 15) is 4.79 Å². The maximum absolute atomic E-state index is 11.9. The lowest BCUT2D eigenvalue weighted by Crippen LogP contribution is -2.29. The number of hydrogen-bond acceptors (Lipinski definition) is 3. The zero-order chi connectivity index (χ0) is 16.7.